The van der Waals surface area contributed by atoms with Crippen LogP contribution in [-0.2, 0) is 0 Å². The van der Waals surface area contributed by atoms with E-state index in [2.05, 4.69) is 22.7 Å². The van der Waals surface area contributed by atoms with Gasteiger partial charge in [0.05, 0.1) is 17.2 Å². The van der Waals surface area contributed by atoms with Crippen molar-refractivity contribution in [3.8, 4) is 0 Å². The standard InChI is InChI=1S/C18H21N5O3/c1-11(12-2-3-12)22-17(8-9-19-22)21-18(24)13-4-7-15(20-14-5-6-14)16(10-13)23(25)26/h4,7-12,14,20H,2-3,5-6H2,1H3,(H,21,24). The number of nitrogens with one attached hydrogen (secondary N) is 2. The molecule has 0 bridgehead atoms. The molecule has 0 saturated heterocycles. The number of anilines is 2. The minimum absolute atomic E-state index is 0.0793. The predicted molar refractivity (Wildman–Crippen MR) is 97.4 cm³/mol. The fourth-order valence-corrected chi connectivity index (χ4v) is 3.10. The molecule has 2 saturated carbocycles. The molecule has 136 valence electrons. The van der Waals surface area contributed by atoms with E-state index in [1.165, 1.54) is 18.9 Å². The number of hydrogen-bond donors (Lipinski definition) is 2. The summed E-state index contributed by atoms with van der Waals surface area (Å²) in [5.41, 5.74) is 0.635. The molecular formula is C18H21N5O3. The number of carbonyl (C=O) groups excluding carboxylic acids is 1. The van der Waals surface area contributed by atoms with Crippen LogP contribution in [0.4, 0.5) is 17.2 Å². The quantitative estimate of drug-likeness (QED) is 0.584. The van der Waals surface area contributed by atoms with Gasteiger partial charge in [0.1, 0.15) is 11.5 Å². The first-order valence-corrected chi connectivity index (χ1v) is 8.93. The second kappa shape index (κ2) is 6.44. The Labute approximate surface area is 150 Å². The molecule has 2 fully saturated rings. The Bertz CT molecular complexity index is 854. The van der Waals surface area contributed by atoms with Crippen molar-refractivity contribution >= 4 is 23.1 Å². The zero-order valence-corrected chi connectivity index (χ0v) is 14.5. The molecule has 1 aromatic heterocycles. The molecule has 4 rings (SSSR count). The molecular weight excluding hydrogens is 334 g/mol. The lowest BCUT2D eigenvalue weighted by molar-refractivity contribution is -0.384. The topological polar surface area (TPSA) is 102 Å². The summed E-state index contributed by atoms with van der Waals surface area (Å²) >= 11 is 0. The third kappa shape index (κ3) is 3.40. The summed E-state index contributed by atoms with van der Waals surface area (Å²) in [5, 5.41) is 21.6. The van der Waals surface area contributed by atoms with E-state index in [-0.39, 0.29) is 23.2 Å². The van der Waals surface area contributed by atoms with Crippen LogP contribution < -0.4 is 10.6 Å². The fraction of sp³-hybridized carbons (Fsp3) is 0.444. The van der Waals surface area contributed by atoms with Crippen LogP contribution in [0.3, 0.4) is 0 Å². The fourth-order valence-electron chi connectivity index (χ4n) is 3.10. The summed E-state index contributed by atoms with van der Waals surface area (Å²) < 4.78 is 1.81. The van der Waals surface area contributed by atoms with Crippen LogP contribution in [0.25, 0.3) is 0 Å². The Morgan fingerprint density at radius 1 is 1.31 bits per heavy atom. The van der Waals surface area contributed by atoms with E-state index >= 15 is 0 Å². The van der Waals surface area contributed by atoms with Crippen LogP contribution in [-0.4, -0.2) is 26.7 Å². The summed E-state index contributed by atoms with van der Waals surface area (Å²) in [6.45, 7) is 2.09. The van der Waals surface area contributed by atoms with E-state index in [1.807, 2.05) is 4.68 Å². The van der Waals surface area contributed by atoms with Gasteiger partial charge in [0.15, 0.2) is 0 Å². The first kappa shape index (κ1) is 16.6. The maximum absolute atomic E-state index is 12.6. The number of hydrogen-bond acceptors (Lipinski definition) is 5. The highest BCUT2D eigenvalue weighted by atomic mass is 16.6. The number of nitro groups is 1. The third-order valence-corrected chi connectivity index (χ3v) is 5.00. The van der Waals surface area contributed by atoms with Crippen molar-refractivity contribution in [2.75, 3.05) is 10.6 Å². The van der Waals surface area contributed by atoms with Crippen molar-refractivity contribution in [3.05, 3.63) is 46.1 Å². The smallest absolute Gasteiger partial charge is 0.293 e. The lowest BCUT2D eigenvalue weighted by Gasteiger charge is -2.15. The number of amides is 1. The molecule has 8 nitrogen and oxygen atoms in total. The molecule has 1 heterocycles. The third-order valence-electron chi connectivity index (χ3n) is 5.00. The Balaban J connectivity index is 1.54. The van der Waals surface area contributed by atoms with E-state index < -0.39 is 4.92 Å². The molecule has 0 radical (unpaired) electrons. The zero-order chi connectivity index (χ0) is 18.3. The van der Waals surface area contributed by atoms with Gasteiger partial charge in [-0.2, -0.15) is 5.10 Å². The van der Waals surface area contributed by atoms with Crippen molar-refractivity contribution in [1.82, 2.24) is 9.78 Å². The normalized spacial score (nSPS) is 17.6. The Morgan fingerprint density at radius 3 is 2.73 bits per heavy atom. The molecule has 1 amide bonds. The van der Waals surface area contributed by atoms with Gasteiger partial charge < -0.3 is 10.6 Å². The molecule has 8 heteroatoms. The maximum atomic E-state index is 12.6. The number of carbonyl (C=O) groups is 1. The summed E-state index contributed by atoms with van der Waals surface area (Å²) in [7, 11) is 0. The van der Waals surface area contributed by atoms with Gasteiger partial charge in [-0.05, 0) is 50.7 Å². The Kier molecular flexibility index (Phi) is 4.10. The molecule has 1 atom stereocenters. The minimum atomic E-state index is -0.457. The van der Waals surface area contributed by atoms with E-state index in [4.69, 9.17) is 0 Å². The van der Waals surface area contributed by atoms with Crippen LogP contribution in [0, 0.1) is 16.0 Å². The monoisotopic (exact) mass is 355 g/mol. The van der Waals surface area contributed by atoms with Gasteiger partial charge in [-0.3, -0.25) is 14.9 Å². The number of benzene rings is 1. The lowest BCUT2D eigenvalue weighted by Crippen LogP contribution is -2.18. The van der Waals surface area contributed by atoms with Gasteiger partial charge in [0.2, 0.25) is 0 Å². The molecule has 2 aliphatic rings. The van der Waals surface area contributed by atoms with Crippen molar-refractivity contribution in [2.24, 2.45) is 5.92 Å². The van der Waals surface area contributed by atoms with Crippen LogP contribution in [0.1, 0.15) is 49.0 Å². The Morgan fingerprint density at radius 2 is 2.08 bits per heavy atom. The van der Waals surface area contributed by atoms with Crippen LogP contribution >= 0.6 is 0 Å². The molecule has 2 aromatic rings. The molecule has 2 aliphatic carbocycles. The van der Waals surface area contributed by atoms with Gasteiger partial charge in [-0.15, -0.1) is 0 Å². The zero-order valence-electron chi connectivity index (χ0n) is 14.5. The number of nitrogens with zero attached hydrogens (tertiary/aromatic N) is 3. The Hall–Kier alpha value is -2.90. The van der Waals surface area contributed by atoms with E-state index in [1.54, 1.807) is 24.4 Å². The van der Waals surface area contributed by atoms with Crippen LogP contribution in [0.5, 0.6) is 0 Å². The van der Waals surface area contributed by atoms with E-state index in [9.17, 15) is 14.9 Å². The molecule has 0 aliphatic heterocycles. The average Bonchev–Trinajstić information content (AvgIpc) is 3.54. The molecule has 2 N–H and O–H groups in total. The highest BCUT2D eigenvalue weighted by molar-refractivity contribution is 6.04. The van der Waals surface area contributed by atoms with Crippen LogP contribution in [0.15, 0.2) is 30.5 Å². The van der Waals surface area contributed by atoms with Crippen molar-refractivity contribution < 1.29 is 9.72 Å². The second-order valence-electron chi connectivity index (χ2n) is 7.10. The van der Waals surface area contributed by atoms with E-state index in [0.717, 1.165) is 12.8 Å². The van der Waals surface area contributed by atoms with Crippen molar-refractivity contribution in [3.63, 3.8) is 0 Å². The first-order valence-electron chi connectivity index (χ1n) is 8.93. The highest BCUT2D eigenvalue weighted by Crippen LogP contribution is 2.40. The summed E-state index contributed by atoms with van der Waals surface area (Å²) in [4.78, 5) is 23.5. The molecule has 0 spiro atoms. The van der Waals surface area contributed by atoms with Gasteiger partial charge in [0.25, 0.3) is 11.6 Å². The SMILES string of the molecule is CC(C1CC1)n1nccc1NC(=O)c1ccc(NC2CC2)c([N+](=O)[O-])c1. The lowest BCUT2D eigenvalue weighted by atomic mass is 10.1. The van der Waals surface area contributed by atoms with Crippen LogP contribution in [0.2, 0.25) is 0 Å². The first-order chi connectivity index (χ1) is 12.5. The number of aromatic nitrogens is 2. The molecule has 1 unspecified atom stereocenters. The molecule has 26 heavy (non-hydrogen) atoms. The predicted octanol–water partition coefficient (Wildman–Crippen LogP) is 3.59. The summed E-state index contributed by atoms with van der Waals surface area (Å²) in [6, 6.07) is 6.80. The second-order valence-corrected chi connectivity index (χ2v) is 7.10. The minimum Gasteiger partial charge on any atom is -0.377 e. The maximum Gasteiger partial charge on any atom is 0.293 e. The average molecular weight is 355 g/mol. The van der Waals surface area contributed by atoms with Gasteiger partial charge >= 0.3 is 0 Å². The summed E-state index contributed by atoms with van der Waals surface area (Å²) in [6.07, 6.45) is 6.04. The van der Waals surface area contributed by atoms with E-state index in [0.29, 0.717) is 23.5 Å². The number of nitro benzene ring substituents is 1. The molecule has 1 aromatic carbocycles. The van der Waals surface area contributed by atoms with Crippen molar-refractivity contribution in [2.45, 2.75) is 44.7 Å². The van der Waals surface area contributed by atoms with Gasteiger partial charge in [-0.25, -0.2) is 4.68 Å². The summed E-state index contributed by atoms with van der Waals surface area (Å²) in [5.74, 6) is 0.826. The number of rotatable bonds is 7. The van der Waals surface area contributed by atoms with Gasteiger partial charge in [-0.1, -0.05) is 0 Å². The van der Waals surface area contributed by atoms with Crippen molar-refractivity contribution in [1.29, 1.82) is 0 Å². The highest BCUT2D eigenvalue weighted by Gasteiger charge is 2.31. The largest absolute Gasteiger partial charge is 0.377 e. The van der Waals surface area contributed by atoms with Gasteiger partial charge in [0, 0.05) is 23.7 Å².